The van der Waals surface area contributed by atoms with Crippen molar-refractivity contribution >= 4 is 12.9 Å². The number of likely N-dealkylation sites (tertiary alicyclic amines) is 1. The largest absolute Gasteiger partial charge is 0.486 e. The Morgan fingerprint density at radius 3 is 2.47 bits per heavy atom. The van der Waals surface area contributed by atoms with Gasteiger partial charge in [-0.2, -0.15) is 0 Å². The van der Waals surface area contributed by atoms with Crippen LogP contribution >= 0.6 is 0 Å². The van der Waals surface area contributed by atoms with Crippen LogP contribution in [0.15, 0.2) is 55.0 Å². The molecule has 1 spiro atoms. The topological polar surface area (TPSA) is 127 Å². The van der Waals surface area contributed by atoms with E-state index in [4.69, 9.17) is 29.3 Å². The summed E-state index contributed by atoms with van der Waals surface area (Å²) in [6, 6.07) is 12.6. The monoisotopic (exact) mass is 496 g/mol. The smallest absolute Gasteiger partial charge is 0.290 e. The van der Waals surface area contributed by atoms with Gasteiger partial charge in [0.2, 0.25) is 0 Å². The Balaban J connectivity index is 0.000000550. The van der Waals surface area contributed by atoms with E-state index in [2.05, 4.69) is 45.2 Å². The number of hydrogen-bond donors (Lipinski definition) is 2. The maximum atomic E-state index is 8.36. The van der Waals surface area contributed by atoms with Crippen LogP contribution in [-0.2, 0) is 46.5 Å². The predicted octanol–water partition coefficient (Wildman–Crippen LogP) is 2.86. The summed E-state index contributed by atoms with van der Waals surface area (Å²) in [6.45, 7) is 3.70. The van der Waals surface area contributed by atoms with Crippen LogP contribution in [0.4, 0.5) is 0 Å². The summed E-state index contributed by atoms with van der Waals surface area (Å²) in [5.74, 6) is 1.83. The van der Waals surface area contributed by atoms with Gasteiger partial charge in [-0.05, 0) is 54.7 Å². The first-order valence-electron chi connectivity index (χ1n) is 11.7. The molecule has 3 aromatic rings. The molecule has 1 aromatic carbocycles. The van der Waals surface area contributed by atoms with Crippen molar-refractivity contribution in [2.24, 2.45) is 7.05 Å². The Bertz CT molecular complexity index is 1090. The van der Waals surface area contributed by atoms with Gasteiger partial charge in [-0.1, -0.05) is 12.1 Å². The van der Waals surface area contributed by atoms with E-state index in [1.165, 1.54) is 11.1 Å². The number of carbonyl (C=O) groups is 2. The Hall–Kier alpha value is -3.76. The zero-order chi connectivity index (χ0) is 25.8. The number of aryl methyl sites for hydroxylation is 1. The first-order chi connectivity index (χ1) is 17.5. The van der Waals surface area contributed by atoms with Crippen molar-refractivity contribution in [3.05, 3.63) is 77.6 Å². The summed E-state index contributed by atoms with van der Waals surface area (Å²) in [5, 5.41) is 13.8. The van der Waals surface area contributed by atoms with Crippen molar-refractivity contribution in [1.29, 1.82) is 0 Å². The normalized spacial score (nSPS) is 15.9. The zero-order valence-electron chi connectivity index (χ0n) is 20.3. The summed E-state index contributed by atoms with van der Waals surface area (Å²) >= 11 is 0. The maximum absolute atomic E-state index is 8.36. The van der Waals surface area contributed by atoms with Gasteiger partial charge in [0.25, 0.3) is 12.9 Å². The van der Waals surface area contributed by atoms with Gasteiger partial charge in [0.1, 0.15) is 18.2 Å². The minimum Gasteiger partial charge on any atom is -0.486 e. The summed E-state index contributed by atoms with van der Waals surface area (Å²) in [4.78, 5) is 28.0. The van der Waals surface area contributed by atoms with E-state index in [9.17, 15) is 0 Å². The van der Waals surface area contributed by atoms with Gasteiger partial charge in [-0.15, -0.1) is 0 Å². The highest BCUT2D eigenvalue weighted by atomic mass is 16.5. The first-order valence-corrected chi connectivity index (χ1v) is 11.7. The second-order valence-electron chi connectivity index (χ2n) is 8.46. The third kappa shape index (κ3) is 6.89. The highest BCUT2D eigenvalue weighted by Gasteiger charge is 2.40. The molecule has 5 rings (SSSR count). The highest BCUT2D eigenvalue weighted by molar-refractivity contribution is 5.41. The second kappa shape index (κ2) is 13.4. The lowest BCUT2D eigenvalue weighted by molar-refractivity contribution is -0.123. The fraction of sp³-hybridized carbons (Fsp3) is 0.385. The quantitative estimate of drug-likeness (QED) is 0.513. The van der Waals surface area contributed by atoms with Gasteiger partial charge in [-0.3, -0.25) is 19.5 Å². The molecule has 192 valence electrons. The molecule has 2 aliphatic rings. The van der Waals surface area contributed by atoms with Crippen LogP contribution in [0.1, 0.15) is 35.5 Å². The Morgan fingerprint density at radius 1 is 1.08 bits per heavy atom. The van der Waals surface area contributed by atoms with Gasteiger partial charge in [0, 0.05) is 45.3 Å². The molecule has 1 saturated heterocycles. The van der Waals surface area contributed by atoms with Gasteiger partial charge in [0.05, 0.1) is 17.9 Å². The second-order valence-corrected chi connectivity index (χ2v) is 8.46. The molecule has 0 unspecified atom stereocenters. The molecule has 0 atom stereocenters. The number of hydrogen-bond acceptors (Lipinski definition) is 7. The van der Waals surface area contributed by atoms with Gasteiger partial charge >= 0.3 is 0 Å². The zero-order valence-corrected chi connectivity index (χ0v) is 20.3. The van der Waals surface area contributed by atoms with E-state index in [1.807, 2.05) is 30.1 Å². The third-order valence-corrected chi connectivity index (χ3v) is 6.38. The number of fused-ring (bicyclic) bond motifs is 2. The molecule has 1 fully saturated rings. The number of piperidine rings is 1. The van der Waals surface area contributed by atoms with E-state index >= 15 is 0 Å². The number of imidazole rings is 1. The van der Waals surface area contributed by atoms with Gasteiger partial charge < -0.3 is 24.3 Å². The molecule has 0 amide bonds. The van der Waals surface area contributed by atoms with Crippen molar-refractivity contribution in [2.75, 3.05) is 19.7 Å². The number of nitrogens with zero attached hydrogens (tertiary/aromatic N) is 4. The summed E-state index contributed by atoms with van der Waals surface area (Å²) in [6.07, 6.45) is 8.57. The van der Waals surface area contributed by atoms with Crippen LogP contribution in [-0.4, -0.2) is 62.3 Å². The van der Waals surface area contributed by atoms with Crippen molar-refractivity contribution in [2.45, 2.75) is 38.0 Å². The number of ether oxygens (including phenoxy) is 2. The number of rotatable bonds is 5. The van der Waals surface area contributed by atoms with Crippen LogP contribution in [0.5, 0.6) is 5.75 Å². The SMILES string of the molecule is Cn1ccnc1COc1ccc2c(c1)CCOC21CCN(Cc2ccccn2)CC1.O=CO.O=CO. The van der Waals surface area contributed by atoms with E-state index in [0.29, 0.717) is 6.61 Å². The fourth-order valence-electron chi connectivity index (χ4n) is 4.64. The minimum atomic E-state index is -0.250. The molecule has 0 radical (unpaired) electrons. The van der Waals surface area contributed by atoms with Gasteiger partial charge in [-0.25, -0.2) is 4.98 Å². The number of pyridine rings is 1. The molecule has 2 aromatic heterocycles. The lowest BCUT2D eigenvalue weighted by Crippen LogP contribution is -2.46. The molecule has 0 aliphatic carbocycles. The lowest BCUT2D eigenvalue weighted by Gasteiger charge is -2.45. The third-order valence-electron chi connectivity index (χ3n) is 6.38. The van der Waals surface area contributed by atoms with Crippen molar-refractivity contribution in [3.63, 3.8) is 0 Å². The fourth-order valence-corrected chi connectivity index (χ4v) is 4.64. The van der Waals surface area contributed by atoms with Crippen molar-refractivity contribution in [3.8, 4) is 5.75 Å². The van der Waals surface area contributed by atoms with Crippen LogP contribution in [0.2, 0.25) is 0 Å². The molecule has 36 heavy (non-hydrogen) atoms. The van der Waals surface area contributed by atoms with Crippen LogP contribution < -0.4 is 4.74 Å². The average Bonchev–Trinajstić information content (AvgIpc) is 3.30. The summed E-state index contributed by atoms with van der Waals surface area (Å²) in [5.41, 5.74) is 3.67. The minimum absolute atomic E-state index is 0.160. The van der Waals surface area contributed by atoms with E-state index in [-0.39, 0.29) is 18.5 Å². The molecular formula is C26H32N4O6. The van der Waals surface area contributed by atoms with Gasteiger partial charge in [0.15, 0.2) is 0 Å². The maximum Gasteiger partial charge on any atom is 0.290 e. The standard InChI is InChI=1S/C24H28N4O2.2CH2O2/c1-27-14-11-26-23(27)18-29-21-5-6-22-19(16-21)7-15-30-24(22)8-12-28(13-9-24)17-20-4-2-3-10-25-20;2*2-1-3/h2-6,10-11,14,16H,7-9,12-13,15,17-18H2,1H3;2*1H,(H,2,3). The van der Waals surface area contributed by atoms with Crippen molar-refractivity contribution < 1.29 is 29.3 Å². The lowest BCUT2D eigenvalue weighted by atomic mass is 9.79. The number of benzene rings is 1. The summed E-state index contributed by atoms with van der Waals surface area (Å²) < 4.78 is 14.4. The van der Waals surface area contributed by atoms with E-state index in [0.717, 1.165) is 62.8 Å². The molecule has 10 heteroatoms. The molecule has 0 saturated carbocycles. The van der Waals surface area contributed by atoms with E-state index in [1.54, 1.807) is 6.20 Å². The highest BCUT2D eigenvalue weighted by Crippen LogP contribution is 2.42. The molecular weight excluding hydrogens is 464 g/mol. The van der Waals surface area contributed by atoms with Crippen LogP contribution in [0, 0.1) is 0 Å². The molecule has 4 heterocycles. The van der Waals surface area contributed by atoms with Crippen LogP contribution in [0.25, 0.3) is 0 Å². The Kier molecular flexibility index (Phi) is 9.96. The first kappa shape index (κ1) is 26.8. The van der Waals surface area contributed by atoms with Crippen LogP contribution in [0.3, 0.4) is 0 Å². The molecule has 2 N–H and O–H groups in total. The number of aromatic nitrogens is 3. The molecule has 0 bridgehead atoms. The molecule has 2 aliphatic heterocycles. The Morgan fingerprint density at radius 2 is 1.83 bits per heavy atom. The van der Waals surface area contributed by atoms with E-state index < -0.39 is 0 Å². The molecule has 10 nitrogen and oxygen atoms in total. The predicted molar refractivity (Wildman–Crippen MR) is 131 cm³/mol. The summed E-state index contributed by atoms with van der Waals surface area (Å²) in [7, 11) is 1.99. The number of carboxylic acid groups (broad SMARTS) is 2. The van der Waals surface area contributed by atoms with Crippen molar-refractivity contribution in [1.82, 2.24) is 19.4 Å². The average molecular weight is 497 g/mol. The Labute approximate surface area is 210 Å².